The van der Waals surface area contributed by atoms with E-state index in [1.807, 2.05) is 54.6 Å². The lowest BCUT2D eigenvalue weighted by Gasteiger charge is -2.25. The molecule has 5 heteroatoms. The van der Waals surface area contributed by atoms with Crippen LogP contribution in [0, 0.1) is 6.57 Å². The third-order valence-corrected chi connectivity index (χ3v) is 5.29. The van der Waals surface area contributed by atoms with Gasteiger partial charge in [-0.1, -0.05) is 73.5 Å². The van der Waals surface area contributed by atoms with Gasteiger partial charge in [0.2, 0.25) is 0 Å². The molecule has 2 unspecified atom stereocenters. The van der Waals surface area contributed by atoms with Crippen LogP contribution in [-0.4, -0.2) is 22.0 Å². The number of aromatic amines is 1. The van der Waals surface area contributed by atoms with Gasteiger partial charge in [0, 0.05) is 10.6 Å². The van der Waals surface area contributed by atoms with Gasteiger partial charge in [-0.2, -0.15) is 5.10 Å². The van der Waals surface area contributed by atoms with E-state index in [2.05, 4.69) is 22.0 Å². The summed E-state index contributed by atoms with van der Waals surface area (Å²) in [6.07, 6.45) is 1.71. The fraction of sp³-hybridized carbons (Fsp3) is 0.227. The fourth-order valence-electron chi connectivity index (χ4n) is 3.76. The molecule has 2 atom stereocenters. The van der Waals surface area contributed by atoms with E-state index < -0.39 is 0 Å². The lowest BCUT2D eigenvalue weighted by atomic mass is 9.79. The smallest absolute Gasteiger partial charge is 0.272 e. The molecule has 1 aromatic heterocycles. The standard InChI is InChI=1S/C22H19ClN4/c1-3-9-17-21(24-2)18(15-12-7-8-13-16(15)23)19-20(26-27-22(19)25-17)14-10-5-4-6-11-14/h4-8,10-13,18,21H,3,9H2,1H3,(H,26,27). The Morgan fingerprint density at radius 2 is 1.85 bits per heavy atom. The number of H-pyrrole nitrogens is 1. The summed E-state index contributed by atoms with van der Waals surface area (Å²) in [5.74, 6) is 0.473. The van der Waals surface area contributed by atoms with Crippen LogP contribution in [0.2, 0.25) is 5.02 Å². The Labute approximate surface area is 163 Å². The minimum atomic E-state index is -0.377. The van der Waals surface area contributed by atoms with Crippen LogP contribution in [0.4, 0.5) is 5.82 Å². The van der Waals surface area contributed by atoms with Crippen molar-refractivity contribution in [1.29, 1.82) is 0 Å². The van der Waals surface area contributed by atoms with Crippen LogP contribution >= 0.6 is 11.6 Å². The second kappa shape index (κ2) is 7.38. The van der Waals surface area contributed by atoms with E-state index in [-0.39, 0.29) is 12.0 Å². The Bertz CT molecular complexity index is 1030. The summed E-state index contributed by atoms with van der Waals surface area (Å²) in [6, 6.07) is 17.4. The zero-order valence-electron chi connectivity index (χ0n) is 15.0. The van der Waals surface area contributed by atoms with Crippen LogP contribution in [0.25, 0.3) is 16.1 Å². The Morgan fingerprint density at radius 3 is 2.56 bits per heavy atom. The highest BCUT2D eigenvalue weighted by molar-refractivity contribution is 6.31. The van der Waals surface area contributed by atoms with Crippen LogP contribution in [0.15, 0.2) is 59.6 Å². The molecule has 1 N–H and O–H groups in total. The quantitative estimate of drug-likeness (QED) is 0.556. The van der Waals surface area contributed by atoms with Crippen LogP contribution in [0.1, 0.15) is 36.8 Å². The van der Waals surface area contributed by atoms with Gasteiger partial charge in [-0.05, 0) is 23.6 Å². The molecule has 0 saturated heterocycles. The summed E-state index contributed by atoms with van der Waals surface area (Å²) < 4.78 is 0. The van der Waals surface area contributed by atoms with E-state index in [0.29, 0.717) is 10.8 Å². The zero-order valence-corrected chi connectivity index (χ0v) is 15.7. The van der Waals surface area contributed by atoms with Crippen molar-refractivity contribution in [3.8, 4) is 11.3 Å². The first-order chi connectivity index (χ1) is 13.2. The molecule has 0 aliphatic carbocycles. The minimum Gasteiger partial charge on any atom is -0.306 e. The number of nitrogens with zero attached hydrogens (tertiary/aromatic N) is 3. The Hall–Kier alpha value is -2.90. The van der Waals surface area contributed by atoms with Crippen molar-refractivity contribution in [2.45, 2.75) is 31.7 Å². The summed E-state index contributed by atoms with van der Waals surface area (Å²) in [4.78, 5) is 8.74. The van der Waals surface area contributed by atoms with E-state index in [1.165, 1.54) is 0 Å². The predicted octanol–water partition coefficient (Wildman–Crippen LogP) is 6.04. The molecule has 0 amide bonds. The maximum atomic E-state index is 7.90. The number of aromatic nitrogens is 2. The lowest BCUT2D eigenvalue weighted by molar-refractivity contribution is 0.771. The van der Waals surface area contributed by atoms with Crippen molar-refractivity contribution in [2.24, 2.45) is 4.99 Å². The largest absolute Gasteiger partial charge is 0.306 e. The van der Waals surface area contributed by atoms with E-state index in [4.69, 9.17) is 23.2 Å². The summed E-state index contributed by atoms with van der Waals surface area (Å²) >= 11 is 6.56. The Morgan fingerprint density at radius 1 is 1.11 bits per heavy atom. The van der Waals surface area contributed by atoms with Gasteiger partial charge in [-0.25, -0.2) is 11.6 Å². The maximum Gasteiger partial charge on any atom is 0.272 e. The number of halogens is 1. The van der Waals surface area contributed by atoms with Crippen LogP contribution < -0.4 is 0 Å². The van der Waals surface area contributed by atoms with Gasteiger partial charge in [0.15, 0.2) is 5.82 Å². The van der Waals surface area contributed by atoms with E-state index in [0.717, 1.165) is 40.9 Å². The molecule has 2 heterocycles. The van der Waals surface area contributed by atoms with Crippen molar-refractivity contribution >= 4 is 23.1 Å². The van der Waals surface area contributed by atoms with E-state index in [9.17, 15) is 0 Å². The number of hydrogen-bond donors (Lipinski definition) is 1. The van der Waals surface area contributed by atoms with Gasteiger partial charge in [-0.3, -0.25) is 5.10 Å². The molecule has 0 spiro atoms. The number of aliphatic imine (C=N–C) groups is 1. The molecule has 0 saturated carbocycles. The first kappa shape index (κ1) is 17.5. The zero-order chi connectivity index (χ0) is 18.8. The van der Waals surface area contributed by atoms with Crippen LogP contribution in [0.5, 0.6) is 0 Å². The maximum absolute atomic E-state index is 7.90. The molecular formula is C22H19ClN4. The average Bonchev–Trinajstić information content (AvgIpc) is 3.12. The van der Waals surface area contributed by atoms with Gasteiger partial charge in [0.1, 0.15) is 5.71 Å². The molecule has 0 bridgehead atoms. The first-order valence-corrected chi connectivity index (χ1v) is 9.44. The molecule has 2 aromatic carbocycles. The third-order valence-electron chi connectivity index (χ3n) is 4.95. The van der Waals surface area contributed by atoms with Gasteiger partial charge >= 0.3 is 0 Å². The molecule has 0 radical (unpaired) electrons. The van der Waals surface area contributed by atoms with Gasteiger partial charge in [-0.15, -0.1) is 0 Å². The van der Waals surface area contributed by atoms with Crippen molar-refractivity contribution in [1.82, 2.24) is 10.2 Å². The predicted molar refractivity (Wildman–Crippen MR) is 110 cm³/mol. The fourth-order valence-corrected chi connectivity index (χ4v) is 4.01. The van der Waals surface area contributed by atoms with Gasteiger partial charge < -0.3 is 4.85 Å². The summed E-state index contributed by atoms with van der Waals surface area (Å²) in [5.41, 5.74) is 4.72. The number of hydrogen-bond acceptors (Lipinski definition) is 2. The van der Waals surface area contributed by atoms with Crippen molar-refractivity contribution in [2.75, 3.05) is 0 Å². The number of benzene rings is 2. The van der Waals surface area contributed by atoms with Crippen molar-refractivity contribution in [3.63, 3.8) is 0 Å². The molecule has 0 fully saturated rings. The Kier molecular flexibility index (Phi) is 4.79. The molecule has 134 valence electrons. The highest BCUT2D eigenvalue weighted by atomic mass is 35.5. The Balaban J connectivity index is 1.97. The van der Waals surface area contributed by atoms with E-state index in [1.54, 1.807) is 0 Å². The van der Waals surface area contributed by atoms with Crippen molar-refractivity contribution < 1.29 is 0 Å². The normalized spacial score (nSPS) is 18.5. The molecule has 1 aliphatic rings. The molecule has 27 heavy (non-hydrogen) atoms. The average molecular weight is 375 g/mol. The first-order valence-electron chi connectivity index (χ1n) is 9.06. The highest BCUT2D eigenvalue weighted by Crippen LogP contribution is 2.46. The van der Waals surface area contributed by atoms with E-state index >= 15 is 0 Å². The topological polar surface area (TPSA) is 45.4 Å². The van der Waals surface area contributed by atoms with Gasteiger partial charge in [0.05, 0.1) is 11.6 Å². The SMILES string of the molecule is [C-]#[N+]C1C(CCC)=Nc2n[nH]c(-c3ccccc3)c2C1c1ccccc1Cl. The third kappa shape index (κ3) is 3.05. The van der Waals surface area contributed by atoms with Crippen molar-refractivity contribution in [3.05, 3.63) is 82.2 Å². The molecule has 3 aromatic rings. The second-order valence-electron chi connectivity index (χ2n) is 6.63. The molecule has 1 aliphatic heterocycles. The summed E-state index contributed by atoms with van der Waals surface area (Å²) in [7, 11) is 0. The monoisotopic (exact) mass is 374 g/mol. The molecule has 4 rings (SSSR count). The number of nitrogens with one attached hydrogen (secondary N) is 1. The summed E-state index contributed by atoms with van der Waals surface area (Å²) in [5, 5.41) is 8.30. The highest BCUT2D eigenvalue weighted by Gasteiger charge is 2.42. The molecule has 4 nitrogen and oxygen atoms in total. The van der Waals surface area contributed by atoms with Crippen LogP contribution in [-0.2, 0) is 0 Å². The minimum absolute atomic E-state index is 0.195. The lowest BCUT2D eigenvalue weighted by Crippen LogP contribution is -2.29. The number of rotatable bonds is 4. The summed E-state index contributed by atoms with van der Waals surface area (Å²) in [6.45, 7) is 10.00. The molecular weight excluding hydrogens is 356 g/mol. The number of fused-ring (bicyclic) bond motifs is 1. The second-order valence-corrected chi connectivity index (χ2v) is 7.04. The van der Waals surface area contributed by atoms with Crippen LogP contribution in [0.3, 0.4) is 0 Å². The van der Waals surface area contributed by atoms with Gasteiger partial charge in [0.25, 0.3) is 6.04 Å².